The Balaban J connectivity index is 2.41. The second-order valence-electron chi connectivity index (χ2n) is 5.45. The van der Waals surface area contributed by atoms with E-state index in [1.54, 1.807) is 36.4 Å². The Kier molecular flexibility index (Phi) is 3.74. The maximum absolute atomic E-state index is 11.3. The van der Waals surface area contributed by atoms with Crippen LogP contribution in [0.15, 0.2) is 48.5 Å². The molecule has 4 nitrogen and oxygen atoms in total. The number of aromatic carboxylic acids is 1. The van der Waals surface area contributed by atoms with Crippen LogP contribution in [0.4, 0.5) is 5.69 Å². The number of carboxylic acids is 1. The first-order valence-electron chi connectivity index (χ1n) is 7.24. The number of carboxylic acid groups (broad SMARTS) is 1. The monoisotopic (exact) mass is 312 g/mol. The van der Waals surface area contributed by atoms with E-state index in [0.717, 1.165) is 21.9 Å². The largest absolute Gasteiger partial charge is 0.478 e. The van der Waals surface area contributed by atoms with Gasteiger partial charge in [-0.2, -0.15) is 5.26 Å². The van der Waals surface area contributed by atoms with Crippen LogP contribution in [0.5, 0.6) is 0 Å². The van der Waals surface area contributed by atoms with Crippen molar-refractivity contribution in [2.24, 2.45) is 0 Å². The number of hydrogen-bond acceptors (Lipinski definition) is 2. The molecule has 1 N–H and O–H groups in total. The Labute approximate surface area is 139 Å². The summed E-state index contributed by atoms with van der Waals surface area (Å²) in [6, 6.07) is 15.8. The molecular formula is C20H12N2O2. The molecule has 3 rings (SSSR count). The fraction of sp³-hybridized carbons (Fsp3) is 0.0500. The van der Waals surface area contributed by atoms with Gasteiger partial charge in [0.15, 0.2) is 5.69 Å². The van der Waals surface area contributed by atoms with Crippen LogP contribution in [0.2, 0.25) is 0 Å². The number of benzene rings is 3. The van der Waals surface area contributed by atoms with Crippen molar-refractivity contribution in [3.63, 3.8) is 0 Å². The van der Waals surface area contributed by atoms with Crippen LogP contribution in [0.3, 0.4) is 0 Å². The molecule has 3 aromatic rings. The summed E-state index contributed by atoms with van der Waals surface area (Å²) < 4.78 is 0. The molecule has 3 aromatic carbocycles. The summed E-state index contributed by atoms with van der Waals surface area (Å²) in [4.78, 5) is 14.9. The molecule has 0 aliphatic carbocycles. The number of fused-ring (bicyclic) bond motifs is 1. The van der Waals surface area contributed by atoms with Gasteiger partial charge in [0.05, 0.1) is 23.8 Å². The fourth-order valence-corrected chi connectivity index (χ4v) is 2.83. The third-order valence-electron chi connectivity index (χ3n) is 3.99. The second kappa shape index (κ2) is 5.87. The Morgan fingerprint density at radius 1 is 1.17 bits per heavy atom. The van der Waals surface area contributed by atoms with E-state index in [9.17, 15) is 9.90 Å². The van der Waals surface area contributed by atoms with E-state index >= 15 is 0 Å². The van der Waals surface area contributed by atoms with Gasteiger partial charge in [0.25, 0.3) is 0 Å². The number of carbonyl (C=O) groups is 1. The minimum absolute atomic E-state index is 0.178. The van der Waals surface area contributed by atoms with Crippen molar-refractivity contribution in [2.45, 2.75) is 6.92 Å². The van der Waals surface area contributed by atoms with Crippen molar-refractivity contribution < 1.29 is 9.90 Å². The van der Waals surface area contributed by atoms with Crippen LogP contribution in [-0.2, 0) is 0 Å². The van der Waals surface area contributed by atoms with Crippen LogP contribution < -0.4 is 0 Å². The average Bonchev–Trinajstić information content (AvgIpc) is 2.60. The minimum atomic E-state index is -1.01. The Morgan fingerprint density at radius 3 is 2.54 bits per heavy atom. The van der Waals surface area contributed by atoms with E-state index in [2.05, 4.69) is 10.9 Å². The van der Waals surface area contributed by atoms with Crippen LogP contribution >= 0.6 is 0 Å². The van der Waals surface area contributed by atoms with Gasteiger partial charge in [-0.3, -0.25) is 0 Å². The van der Waals surface area contributed by atoms with Gasteiger partial charge >= 0.3 is 5.97 Å². The molecule has 4 heteroatoms. The van der Waals surface area contributed by atoms with Gasteiger partial charge in [0.2, 0.25) is 0 Å². The molecule has 114 valence electrons. The highest BCUT2D eigenvalue weighted by Gasteiger charge is 2.14. The standard InChI is InChI=1S/C20H12N2O2/c1-12-9-13(11-21)3-7-16(12)19-17-10-15(20(23)24)5-4-14(17)6-8-18(19)22-2/h3-10H,1H3,(H,23,24). The summed E-state index contributed by atoms with van der Waals surface area (Å²) in [5.41, 5.74) is 3.58. The molecule has 0 aliphatic rings. The molecule has 0 unspecified atom stereocenters. The zero-order valence-corrected chi connectivity index (χ0v) is 12.9. The van der Waals surface area contributed by atoms with Gasteiger partial charge in [-0.15, -0.1) is 0 Å². The lowest BCUT2D eigenvalue weighted by Gasteiger charge is -2.13. The lowest BCUT2D eigenvalue weighted by atomic mass is 9.92. The zero-order chi connectivity index (χ0) is 17.3. The predicted molar refractivity (Wildman–Crippen MR) is 92.1 cm³/mol. The molecule has 24 heavy (non-hydrogen) atoms. The first-order valence-corrected chi connectivity index (χ1v) is 7.24. The number of nitrogens with zero attached hydrogens (tertiary/aromatic N) is 2. The molecule has 0 amide bonds. The van der Waals surface area contributed by atoms with E-state index in [4.69, 9.17) is 11.8 Å². The SMILES string of the molecule is [C-]#[N+]c1ccc2ccc(C(=O)O)cc2c1-c1ccc(C#N)cc1C. The molecule has 0 aliphatic heterocycles. The molecule has 0 radical (unpaired) electrons. The molecule has 0 spiro atoms. The van der Waals surface area contributed by atoms with E-state index in [1.165, 1.54) is 0 Å². The highest BCUT2D eigenvalue weighted by molar-refractivity contribution is 6.06. The third-order valence-corrected chi connectivity index (χ3v) is 3.99. The Morgan fingerprint density at radius 2 is 1.92 bits per heavy atom. The van der Waals surface area contributed by atoms with E-state index in [0.29, 0.717) is 16.8 Å². The zero-order valence-electron chi connectivity index (χ0n) is 12.9. The van der Waals surface area contributed by atoms with Crippen molar-refractivity contribution in [1.82, 2.24) is 0 Å². The molecule has 0 saturated carbocycles. The van der Waals surface area contributed by atoms with Gasteiger partial charge < -0.3 is 5.11 Å². The van der Waals surface area contributed by atoms with Crippen LogP contribution in [0, 0.1) is 24.8 Å². The van der Waals surface area contributed by atoms with Crippen molar-refractivity contribution in [3.05, 3.63) is 76.6 Å². The number of nitriles is 1. The van der Waals surface area contributed by atoms with E-state index in [1.807, 2.05) is 19.1 Å². The van der Waals surface area contributed by atoms with Crippen LogP contribution in [0.25, 0.3) is 26.7 Å². The quantitative estimate of drug-likeness (QED) is 0.682. The van der Waals surface area contributed by atoms with Crippen molar-refractivity contribution in [1.29, 1.82) is 5.26 Å². The molecule has 0 aromatic heterocycles. The predicted octanol–water partition coefficient (Wildman–Crippen LogP) is 4.94. The summed E-state index contributed by atoms with van der Waals surface area (Å²) in [6.07, 6.45) is 0. The Hall–Kier alpha value is -3.63. The molecular weight excluding hydrogens is 300 g/mol. The number of aryl methyl sites for hydroxylation is 1. The van der Waals surface area contributed by atoms with Crippen LogP contribution in [0.1, 0.15) is 21.5 Å². The van der Waals surface area contributed by atoms with Gasteiger partial charge in [0.1, 0.15) is 0 Å². The third kappa shape index (κ3) is 2.47. The van der Waals surface area contributed by atoms with Gasteiger partial charge in [0, 0.05) is 0 Å². The summed E-state index contributed by atoms with van der Waals surface area (Å²) >= 11 is 0. The highest BCUT2D eigenvalue weighted by Crippen LogP contribution is 2.39. The smallest absolute Gasteiger partial charge is 0.335 e. The average molecular weight is 312 g/mol. The van der Waals surface area contributed by atoms with Crippen molar-refractivity contribution in [2.75, 3.05) is 0 Å². The number of rotatable bonds is 2. The van der Waals surface area contributed by atoms with Crippen LogP contribution in [-0.4, -0.2) is 11.1 Å². The molecule has 0 fully saturated rings. The topological polar surface area (TPSA) is 65.4 Å². The first-order chi connectivity index (χ1) is 11.5. The van der Waals surface area contributed by atoms with Gasteiger partial charge in [-0.1, -0.05) is 24.3 Å². The van der Waals surface area contributed by atoms with Gasteiger partial charge in [-0.25, -0.2) is 9.64 Å². The molecule has 0 bridgehead atoms. The van der Waals surface area contributed by atoms with E-state index < -0.39 is 5.97 Å². The lowest BCUT2D eigenvalue weighted by Crippen LogP contribution is -1.96. The fourth-order valence-electron chi connectivity index (χ4n) is 2.83. The molecule has 0 heterocycles. The summed E-state index contributed by atoms with van der Waals surface area (Å²) in [5, 5.41) is 19.9. The van der Waals surface area contributed by atoms with Crippen molar-refractivity contribution >= 4 is 22.4 Å². The molecule has 0 atom stereocenters. The molecule has 0 saturated heterocycles. The second-order valence-corrected chi connectivity index (χ2v) is 5.45. The summed E-state index contributed by atoms with van der Waals surface area (Å²) in [5.74, 6) is -1.01. The van der Waals surface area contributed by atoms with Crippen molar-refractivity contribution in [3.8, 4) is 17.2 Å². The van der Waals surface area contributed by atoms with Gasteiger partial charge in [-0.05, 0) is 58.7 Å². The normalized spacial score (nSPS) is 10.1. The maximum atomic E-state index is 11.3. The highest BCUT2D eigenvalue weighted by atomic mass is 16.4. The van der Waals surface area contributed by atoms with E-state index in [-0.39, 0.29) is 5.56 Å². The maximum Gasteiger partial charge on any atom is 0.335 e. The Bertz CT molecular complexity index is 1070. The first kappa shape index (κ1) is 15.3. The minimum Gasteiger partial charge on any atom is -0.478 e. The lowest BCUT2D eigenvalue weighted by molar-refractivity contribution is 0.0697. The number of hydrogen-bond donors (Lipinski definition) is 1. The summed E-state index contributed by atoms with van der Waals surface area (Å²) in [6.45, 7) is 9.33. The summed E-state index contributed by atoms with van der Waals surface area (Å²) in [7, 11) is 0.